The molecule has 0 radical (unpaired) electrons. The van der Waals surface area contributed by atoms with Gasteiger partial charge in [-0.15, -0.1) is 12.4 Å². The van der Waals surface area contributed by atoms with E-state index in [0.29, 0.717) is 12.2 Å². The highest BCUT2D eigenvalue weighted by Gasteiger charge is 2.57. The van der Waals surface area contributed by atoms with Crippen molar-refractivity contribution in [2.45, 2.75) is 42.9 Å². The van der Waals surface area contributed by atoms with E-state index in [9.17, 15) is 9.50 Å². The van der Waals surface area contributed by atoms with Crippen LogP contribution < -0.4 is 5.32 Å². The lowest BCUT2D eigenvalue weighted by molar-refractivity contribution is 0.0719. The predicted molar refractivity (Wildman–Crippen MR) is 77.5 cm³/mol. The van der Waals surface area contributed by atoms with Gasteiger partial charge in [0.1, 0.15) is 5.82 Å². The van der Waals surface area contributed by atoms with E-state index in [1.165, 1.54) is 12.1 Å². The van der Waals surface area contributed by atoms with E-state index >= 15 is 0 Å². The number of rotatable bonds is 4. The minimum atomic E-state index is -0.663. The molecule has 2 fully saturated rings. The molecule has 0 amide bonds. The Bertz CT molecular complexity index is 475. The number of aliphatic hydroxyl groups excluding tert-OH is 1. The van der Waals surface area contributed by atoms with Gasteiger partial charge in [-0.1, -0.05) is 12.1 Å². The summed E-state index contributed by atoms with van der Waals surface area (Å²) in [7, 11) is 1.71. The molecule has 5 heteroatoms. The highest BCUT2D eigenvalue weighted by molar-refractivity contribution is 5.85. The Balaban J connectivity index is 0.00000147. The Labute approximate surface area is 124 Å². The third-order valence-electron chi connectivity index (χ3n) is 4.72. The molecule has 0 unspecified atom stereocenters. The smallest absolute Gasteiger partial charge is 0.123 e. The highest BCUT2D eigenvalue weighted by atomic mass is 35.5. The minimum Gasteiger partial charge on any atom is -0.386 e. The molecular weight excluding hydrogens is 281 g/mol. The summed E-state index contributed by atoms with van der Waals surface area (Å²) in [5, 5.41) is 14.2. The van der Waals surface area contributed by atoms with Gasteiger partial charge >= 0.3 is 0 Å². The number of nitrogens with one attached hydrogen (secondary N) is 1. The third-order valence-corrected chi connectivity index (χ3v) is 4.72. The zero-order valence-electron chi connectivity index (χ0n) is 11.6. The molecule has 2 saturated heterocycles. The fraction of sp³-hybridized carbons (Fsp3) is 0.600. The van der Waals surface area contributed by atoms with E-state index in [2.05, 4.69) is 5.32 Å². The number of ether oxygens (including phenoxy) is 1. The molecule has 1 aromatic carbocycles. The first-order valence-corrected chi connectivity index (χ1v) is 6.81. The van der Waals surface area contributed by atoms with Crippen LogP contribution in [0.3, 0.4) is 0 Å². The second-order valence-electron chi connectivity index (χ2n) is 5.95. The molecular formula is C15H21ClFNO2. The van der Waals surface area contributed by atoms with Gasteiger partial charge in [0, 0.05) is 18.2 Å². The number of hydrogen-bond donors (Lipinski definition) is 2. The molecule has 2 aliphatic rings. The standard InChI is InChI=1S/C15H20FNO2.ClH/c1-19-10-14-5-7-15(17-14,8-6-14)13(18)11-3-2-4-12(16)9-11;/h2-4,9,13,17-18H,5-8,10H2,1H3;1H/t13-,14?,15?;/m1./s1. The molecule has 1 aromatic rings. The first-order chi connectivity index (χ1) is 9.09. The molecule has 2 heterocycles. The van der Waals surface area contributed by atoms with E-state index in [1.54, 1.807) is 19.2 Å². The molecule has 3 rings (SSSR count). The summed E-state index contributed by atoms with van der Waals surface area (Å²) >= 11 is 0. The van der Waals surface area contributed by atoms with Crippen LogP contribution in [0.1, 0.15) is 37.4 Å². The first-order valence-electron chi connectivity index (χ1n) is 6.81. The normalized spacial score (nSPS) is 33.0. The molecule has 2 N–H and O–H groups in total. The molecule has 0 aromatic heterocycles. The fourth-order valence-electron chi connectivity index (χ4n) is 3.75. The zero-order valence-corrected chi connectivity index (χ0v) is 12.4. The molecule has 1 atom stereocenters. The van der Waals surface area contributed by atoms with Crippen molar-refractivity contribution in [3.05, 3.63) is 35.6 Å². The second kappa shape index (κ2) is 5.60. The van der Waals surface area contributed by atoms with Gasteiger partial charge in [-0.3, -0.25) is 0 Å². The van der Waals surface area contributed by atoms with Crippen LogP contribution in [0.2, 0.25) is 0 Å². The maximum atomic E-state index is 13.3. The minimum absolute atomic E-state index is 0. The fourth-order valence-corrected chi connectivity index (χ4v) is 3.75. The third kappa shape index (κ3) is 2.46. The number of halogens is 2. The van der Waals surface area contributed by atoms with Gasteiger partial charge in [-0.2, -0.15) is 0 Å². The van der Waals surface area contributed by atoms with Crippen LogP contribution in [0.4, 0.5) is 4.39 Å². The lowest BCUT2D eigenvalue weighted by Crippen LogP contribution is -2.48. The number of hydrogen-bond acceptors (Lipinski definition) is 3. The van der Waals surface area contributed by atoms with Gasteiger partial charge in [0.05, 0.1) is 12.7 Å². The van der Waals surface area contributed by atoms with E-state index in [4.69, 9.17) is 4.74 Å². The maximum Gasteiger partial charge on any atom is 0.123 e. The summed E-state index contributed by atoms with van der Waals surface area (Å²) in [5.41, 5.74) is 0.345. The number of methoxy groups -OCH3 is 1. The topological polar surface area (TPSA) is 41.5 Å². The molecule has 2 bridgehead atoms. The Morgan fingerprint density at radius 1 is 1.35 bits per heavy atom. The summed E-state index contributed by atoms with van der Waals surface area (Å²) in [6, 6.07) is 6.27. The first kappa shape index (κ1) is 15.7. The second-order valence-corrected chi connectivity index (χ2v) is 5.95. The van der Waals surface area contributed by atoms with Gasteiger partial charge in [0.2, 0.25) is 0 Å². The van der Waals surface area contributed by atoms with Crippen LogP contribution in [0.15, 0.2) is 24.3 Å². The molecule has 3 nitrogen and oxygen atoms in total. The van der Waals surface area contributed by atoms with Crippen LogP contribution in [-0.4, -0.2) is 29.9 Å². The molecule has 0 spiro atoms. The largest absolute Gasteiger partial charge is 0.386 e. The van der Waals surface area contributed by atoms with E-state index in [1.807, 2.05) is 0 Å². The van der Waals surface area contributed by atoms with E-state index < -0.39 is 6.10 Å². The molecule has 2 aliphatic heterocycles. The predicted octanol–water partition coefficient (Wildman–Crippen LogP) is 2.58. The Hall–Kier alpha value is -0.680. The van der Waals surface area contributed by atoms with Crippen LogP contribution in [0.5, 0.6) is 0 Å². The van der Waals surface area contributed by atoms with Gasteiger partial charge < -0.3 is 15.2 Å². The lowest BCUT2D eigenvalue weighted by atomic mass is 9.78. The quantitative estimate of drug-likeness (QED) is 0.898. The Morgan fingerprint density at radius 3 is 2.65 bits per heavy atom. The van der Waals surface area contributed by atoms with Crippen molar-refractivity contribution < 1.29 is 14.2 Å². The molecule has 20 heavy (non-hydrogen) atoms. The highest BCUT2D eigenvalue weighted by Crippen LogP contribution is 2.50. The monoisotopic (exact) mass is 301 g/mol. The van der Waals surface area contributed by atoms with Crippen molar-refractivity contribution >= 4 is 12.4 Å². The van der Waals surface area contributed by atoms with Crippen molar-refractivity contribution in [1.82, 2.24) is 5.32 Å². The van der Waals surface area contributed by atoms with Crippen LogP contribution in [0.25, 0.3) is 0 Å². The van der Waals surface area contributed by atoms with Gasteiger partial charge in [0.25, 0.3) is 0 Å². The maximum absolute atomic E-state index is 13.3. The van der Waals surface area contributed by atoms with Crippen molar-refractivity contribution in [3.8, 4) is 0 Å². The van der Waals surface area contributed by atoms with E-state index in [0.717, 1.165) is 25.7 Å². The van der Waals surface area contributed by atoms with Crippen molar-refractivity contribution in [1.29, 1.82) is 0 Å². The molecule has 0 saturated carbocycles. The van der Waals surface area contributed by atoms with Gasteiger partial charge in [-0.25, -0.2) is 4.39 Å². The number of benzene rings is 1. The lowest BCUT2D eigenvalue weighted by Gasteiger charge is -2.32. The average Bonchev–Trinajstić information content (AvgIpc) is 2.95. The SMILES string of the molecule is COCC12CCC([C@H](O)c3cccc(F)c3)(CC1)N2.Cl. The van der Waals surface area contributed by atoms with E-state index in [-0.39, 0.29) is 29.3 Å². The average molecular weight is 302 g/mol. The van der Waals surface area contributed by atoms with Gasteiger partial charge in [-0.05, 0) is 43.4 Å². The Kier molecular flexibility index (Phi) is 4.40. The Morgan fingerprint density at radius 2 is 2.05 bits per heavy atom. The summed E-state index contributed by atoms with van der Waals surface area (Å²) in [6.07, 6.45) is 3.17. The van der Waals surface area contributed by atoms with Crippen LogP contribution in [-0.2, 0) is 4.74 Å². The number of fused-ring (bicyclic) bond motifs is 2. The molecule has 0 aliphatic carbocycles. The summed E-state index contributed by atoms with van der Waals surface area (Å²) in [6.45, 7) is 0.671. The number of aliphatic hydroxyl groups is 1. The summed E-state index contributed by atoms with van der Waals surface area (Å²) in [5.74, 6) is -0.299. The van der Waals surface area contributed by atoms with Crippen LogP contribution in [0, 0.1) is 5.82 Å². The van der Waals surface area contributed by atoms with Crippen molar-refractivity contribution in [2.24, 2.45) is 0 Å². The zero-order chi connectivity index (χ0) is 13.5. The van der Waals surface area contributed by atoms with Gasteiger partial charge in [0.15, 0.2) is 0 Å². The van der Waals surface area contributed by atoms with Crippen molar-refractivity contribution in [2.75, 3.05) is 13.7 Å². The summed E-state index contributed by atoms with van der Waals surface area (Å²) < 4.78 is 18.6. The van der Waals surface area contributed by atoms with Crippen molar-refractivity contribution in [3.63, 3.8) is 0 Å². The summed E-state index contributed by atoms with van der Waals surface area (Å²) in [4.78, 5) is 0. The van der Waals surface area contributed by atoms with Crippen LogP contribution >= 0.6 is 12.4 Å². The molecule has 112 valence electrons.